The Kier molecular flexibility index (Phi) is 3.62. The van der Waals surface area contributed by atoms with Crippen LogP contribution in [-0.2, 0) is 19.7 Å². The molecule has 0 aliphatic carbocycles. The highest BCUT2D eigenvalue weighted by Gasteiger charge is 2.74. The third-order valence-electron chi connectivity index (χ3n) is 8.00. The van der Waals surface area contributed by atoms with E-state index in [0.29, 0.717) is 12.8 Å². The van der Waals surface area contributed by atoms with Crippen LogP contribution < -0.4 is 4.90 Å². The molecule has 28 heavy (non-hydrogen) atoms. The third kappa shape index (κ3) is 1.72. The van der Waals surface area contributed by atoms with Gasteiger partial charge in [-0.15, -0.1) is 0 Å². The first-order chi connectivity index (χ1) is 13.5. The molecule has 5 aliphatic rings. The number of aliphatic hydroxyl groups is 1. The standard InChI is InChI=1S/C22H26N2O4/c1-4-13-11-24-17-9-15(13)22(12-25,20(27)28-3)18(24)10-21(17)14-7-5-6-8-16(14)23(2)19(21)26/h4-8,15,17-18,25H,9-12H2,1-3H3/b13-4+. The van der Waals surface area contributed by atoms with Crippen LogP contribution in [0.4, 0.5) is 5.69 Å². The lowest BCUT2D eigenvalue weighted by molar-refractivity contribution is -0.175. The first-order valence-electron chi connectivity index (χ1n) is 9.95. The quantitative estimate of drug-likeness (QED) is 0.620. The van der Waals surface area contributed by atoms with Gasteiger partial charge in [0.25, 0.3) is 0 Å². The van der Waals surface area contributed by atoms with E-state index in [9.17, 15) is 14.7 Å². The van der Waals surface area contributed by atoms with E-state index in [0.717, 1.165) is 23.4 Å². The zero-order valence-electron chi connectivity index (χ0n) is 16.5. The second-order valence-electron chi connectivity index (χ2n) is 8.60. The van der Waals surface area contributed by atoms with Crippen LogP contribution in [0.5, 0.6) is 0 Å². The summed E-state index contributed by atoms with van der Waals surface area (Å²) in [6.45, 7) is 2.46. The molecule has 4 fully saturated rings. The second-order valence-corrected chi connectivity index (χ2v) is 8.60. The maximum atomic E-state index is 13.6. The molecule has 0 aromatic heterocycles. The van der Waals surface area contributed by atoms with Crippen LogP contribution in [-0.4, -0.2) is 61.3 Å². The van der Waals surface area contributed by atoms with Crippen molar-refractivity contribution in [1.82, 2.24) is 4.90 Å². The first-order valence-corrected chi connectivity index (χ1v) is 9.95. The van der Waals surface area contributed by atoms with Crippen molar-refractivity contribution in [2.75, 3.05) is 32.2 Å². The third-order valence-corrected chi connectivity index (χ3v) is 8.00. The van der Waals surface area contributed by atoms with Crippen molar-refractivity contribution in [2.24, 2.45) is 11.3 Å². The lowest BCUT2D eigenvalue weighted by atomic mass is 9.60. The first kappa shape index (κ1) is 17.9. The molecule has 5 aliphatic heterocycles. The van der Waals surface area contributed by atoms with Gasteiger partial charge in [-0.3, -0.25) is 14.5 Å². The number of benzene rings is 1. The number of amides is 1. The number of methoxy groups -OCH3 is 1. The van der Waals surface area contributed by atoms with E-state index in [1.807, 2.05) is 32.2 Å². The van der Waals surface area contributed by atoms with Crippen molar-refractivity contribution in [2.45, 2.75) is 37.3 Å². The molecule has 6 unspecified atom stereocenters. The van der Waals surface area contributed by atoms with Crippen LogP contribution in [0.1, 0.15) is 25.3 Å². The van der Waals surface area contributed by atoms with Gasteiger partial charge in [-0.2, -0.15) is 0 Å². The van der Waals surface area contributed by atoms with Gasteiger partial charge in [0, 0.05) is 37.3 Å². The number of carbonyl (C=O) groups is 2. The van der Waals surface area contributed by atoms with E-state index in [1.165, 1.54) is 7.11 Å². The van der Waals surface area contributed by atoms with E-state index in [4.69, 9.17) is 4.74 Å². The average molecular weight is 382 g/mol. The monoisotopic (exact) mass is 382 g/mol. The summed E-state index contributed by atoms with van der Waals surface area (Å²) in [5, 5.41) is 10.5. The van der Waals surface area contributed by atoms with Gasteiger partial charge in [-0.05, 0) is 31.4 Å². The number of nitrogens with zero attached hydrogens (tertiary/aromatic N) is 2. The van der Waals surface area contributed by atoms with Crippen molar-refractivity contribution in [1.29, 1.82) is 0 Å². The van der Waals surface area contributed by atoms with E-state index in [2.05, 4.69) is 17.0 Å². The summed E-state index contributed by atoms with van der Waals surface area (Å²) in [5.41, 5.74) is 1.51. The van der Waals surface area contributed by atoms with Crippen LogP contribution in [0.3, 0.4) is 0 Å². The van der Waals surface area contributed by atoms with Crippen molar-refractivity contribution < 1.29 is 19.4 Å². The zero-order chi connectivity index (χ0) is 19.8. The fourth-order valence-electron chi connectivity index (χ4n) is 6.79. The van der Waals surface area contributed by atoms with Gasteiger partial charge >= 0.3 is 5.97 Å². The fourth-order valence-corrected chi connectivity index (χ4v) is 6.79. The smallest absolute Gasteiger partial charge is 0.316 e. The molecule has 0 radical (unpaired) electrons. The van der Waals surface area contributed by atoms with Crippen LogP contribution in [0.15, 0.2) is 35.9 Å². The van der Waals surface area contributed by atoms with Gasteiger partial charge in [0.15, 0.2) is 0 Å². The molecular formula is C22H26N2O4. The fraction of sp³-hybridized carbons (Fsp3) is 0.545. The van der Waals surface area contributed by atoms with Crippen molar-refractivity contribution in [3.8, 4) is 0 Å². The maximum absolute atomic E-state index is 13.6. The number of para-hydroxylation sites is 1. The molecule has 6 atom stereocenters. The lowest BCUT2D eigenvalue weighted by Gasteiger charge is -2.57. The molecule has 5 heterocycles. The van der Waals surface area contributed by atoms with E-state index >= 15 is 0 Å². The average Bonchev–Trinajstić information content (AvgIpc) is 3.13. The van der Waals surface area contributed by atoms with Crippen molar-refractivity contribution in [3.63, 3.8) is 0 Å². The minimum Gasteiger partial charge on any atom is -0.468 e. The number of fused-ring (bicyclic) bond motifs is 3. The molecule has 1 spiro atoms. The number of allylic oxidation sites excluding steroid dienone is 1. The van der Waals surface area contributed by atoms with Gasteiger partial charge in [0.05, 0.1) is 19.1 Å². The van der Waals surface area contributed by atoms with Crippen LogP contribution in [0, 0.1) is 11.3 Å². The largest absolute Gasteiger partial charge is 0.468 e. The minimum absolute atomic E-state index is 0.0362. The molecule has 1 N–H and O–H groups in total. The Hall–Kier alpha value is -2.18. The summed E-state index contributed by atoms with van der Waals surface area (Å²) in [5.74, 6) is -0.357. The Bertz CT molecular complexity index is 912. The summed E-state index contributed by atoms with van der Waals surface area (Å²) < 4.78 is 5.20. The lowest BCUT2D eigenvalue weighted by Crippen LogP contribution is -2.67. The van der Waals surface area contributed by atoms with Gasteiger partial charge in [-0.1, -0.05) is 29.8 Å². The Labute approximate surface area is 164 Å². The number of likely N-dealkylation sites (N-methyl/N-ethyl adjacent to an activating group) is 1. The van der Waals surface area contributed by atoms with E-state index in [1.54, 1.807) is 4.90 Å². The topological polar surface area (TPSA) is 70.1 Å². The molecule has 6 heteroatoms. The molecule has 6 rings (SSSR count). The molecule has 1 amide bonds. The number of anilines is 1. The Morgan fingerprint density at radius 3 is 2.79 bits per heavy atom. The highest BCUT2D eigenvalue weighted by molar-refractivity contribution is 6.09. The van der Waals surface area contributed by atoms with Crippen molar-refractivity contribution >= 4 is 17.6 Å². The van der Waals surface area contributed by atoms with Crippen LogP contribution in [0.2, 0.25) is 0 Å². The SMILES string of the molecule is C/C=C1\CN2C3CC1C(CO)(C(=O)OC)C2CC31C(=O)N(C)c2ccccc21. The number of carbonyl (C=O) groups excluding carboxylic acids is 2. The summed E-state index contributed by atoms with van der Waals surface area (Å²) >= 11 is 0. The van der Waals surface area contributed by atoms with Crippen molar-refractivity contribution in [3.05, 3.63) is 41.5 Å². The Balaban J connectivity index is 1.72. The number of esters is 1. The molecule has 148 valence electrons. The Morgan fingerprint density at radius 1 is 1.36 bits per heavy atom. The maximum Gasteiger partial charge on any atom is 0.316 e. The summed E-state index contributed by atoms with van der Waals surface area (Å²) in [6.07, 6.45) is 3.28. The van der Waals surface area contributed by atoms with E-state index < -0.39 is 10.8 Å². The van der Waals surface area contributed by atoms with Gasteiger partial charge in [0.1, 0.15) is 5.41 Å². The number of ether oxygens (including phenoxy) is 1. The minimum atomic E-state index is -1.01. The highest BCUT2D eigenvalue weighted by Crippen LogP contribution is 2.65. The number of hydrogen-bond donors (Lipinski definition) is 1. The molecule has 4 bridgehead atoms. The highest BCUT2D eigenvalue weighted by atomic mass is 16.5. The number of hydrogen-bond acceptors (Lipinski definition) is 5. The van der Waals surface area contributed by atoms with Gasteiger partial charge in [-0.25, -0.2) is 0 Å². The number of rotatable bonds is 2. The molecule has 1 aromatic rings. The molecular weight excluding hydrogens is 356 g/mol. The van der Waals surface area contributed by atoms with Crippen LogP contribution >= 0.6 is 0 Å². The molecule has 0 saturated carbocycles. The van der Waals surface area contributed by atoms with Crippen LogP contribution in [0.25, 0.3) is 0 Å². The predicted molar refractivity (Wildman–Crippen MR) is 104 cm³/mol. The zero-order valence-corrected chi connectivity index (χ0v) is 16.5. The summed E-state index contributed by atoms with van der Waals surface area (Å²) in [7, 11) is 3.22. The Morgan fingerprint density at radius 2 is 2.11 bits per heavy atom. The molecule has 6 nitrogen and oxygen atoms in total. The second kappa shape index (κ2) is 5.67. The summed E-state index contributed by atoms with van der Waals surface area (Å²) in [6, 6.07) is 7.82. The van der Waals surface area contributed by atoms with Gasteiger partial charge in [0.2, 0.25) is 5.91 Å². The molecule has 4 saturated heterocycles. The normalized spacial score (nSPS) is 41.8. The van der Waals surface area contributed by atoms with Gasteiger partial charge < -0.3 is 14.7 Å². The molecule has 1 aromatic carbocycles. The number of piperidine rings is 3. The predicted octanol–water partition coefficient (Wildman–Crippen LogP) is 1.48. The van der Waals surface area contributed by atoms with E-state index in [-0.39, 0.29) is 36.5 Å². The number of aliphatic hydroxyl groups excluding tert-OH is 1. The summed E-state index contributed by atoms with van der Waals surface area (Å²) in [4.78, 5) is 30.7.